The zero-order valence-electron chi connectivity index (χ0n) is 10.9. The summed E-state index contributed by atoms with van der Waals surface area (Å²) in [4.78, 5) is 17.0. The Hall–Kier alpha value is -2.30. The number of carboxylic acids is 1. The number of carboxylic acid groups (broad SMARTS) is 1. The molecular weight excluding hydrogens is 244 g/mol. The highest BCUT2D eigenvalue weighted by atomic mass is 16.4. The van der Waals surface area contributed by atoms with Gasteiger partial charge >= 0.3 is 5.97 Å². The average Bonchev–Trinajstić information content (AvgIpc) is 2.37. The van der Waals surface area contributed by atoms with Gasteiger partial charge in [0.1, 0.15) is 11.6 Å². The number of fused-ring (bicyclic) bond motifs is 1. The van der Waals surface area contributed by atoms with Gasteiger partial charge in [0.2, 0.25) is 0 Å². The van der Waals surface area contributed by atoms with Crippen LogP contribution in [0.5, 0.6) is 5.75 Å². The molecule has 1 heterocycles. The molecule has 5 nitrogen and oxygen atoms in total. The second kappa shape index (κ2) is 5.14. The maximum absolute atomic E-state index is 10.9. The Morgan fingerprint density at radius 2 is 2.16 bits per heavy atom. The molecule has 5 heteroatoms. The number of aromatic hydroxyl groups is 1. The van der Waals surface area contributed by atoms with Gasteiger partial charge in [0.25, 0.3) is 0 Å². The van der Waals surface area contributed by atoms with E-state index in [0.29, 0.717) is 12.4 Å². The maximum Gasteiger partial charge on any atom is 0.308 e. The molecule has 1 aromatic carbocycles. The number of phenolic OH excluding ortho intramolecular Hbond substituents is 1. The topological polar surface area (TPSA) is 73.7 Å². The van der Waals surface area contributed by atoms with Crippen LogP contribution in [0.25, 0.3) is 10.8 Å². The second-order valence-electron chi connectivity index (χ2n) is 4.66. The third kappa shape index (κ3) is 2.76. The lowest BCUT2D eigenvalue weighted by Crippen LogP contribution is -2.29. The number of nitrogens with zero attached hydrogens (tertiary/aromatic N) is 2. The normalized spacial score (nSPS) is 12.3. The molecule has 0 saturated heterocycles. The number of aromatic nitrogens is 1. The molecule has 2 N–H and O–H groups in total. The lowest BCUT2D eigenvalue weighted by molar-refractivity contribution is -0.140. The first kappa shape index (κ1) is 13.1. The highest BCUT2D eigenvalue weighted by Gasteiger charge is 2.16. The van der Waals surface area contributed by atoms with Crippen LogP contribution in [0.1, 0.15) is 6.92 Å². The van der Waals surface area contributed by atoms with Gasteiger partial charge in [-0.2, -0.15) is 0 Å². The minimum Gasteiger partial charge on any atom is -0.508 e. The summed E-state index contributed by atoms with van der Waals surface area (Å²) >= 11 is 0. The number of pyridine rings is 1. The third-order valence-corrected chi connectivity index (χ3v) is 3.06. The first-order chi connectivity index (χ1) is 8.99. The number of carbonyl (C=O) groups is 1. The number of hydrogen-bond acceptors (Lipinski definition) is 4. The van der Waals surface area contributed by atoms with Gasteiger partial charge in [0.15, 0.2) is 0 Å². The van der Waals surface area contributed by atoms with Crippen molar-refractivity contribution >= 4 is 22.6 Å². The predicted molar refractivity (Wildman–Crippen MR) is 73.5 cm³/mol. The fourth-order valence-corrected chi connectivity index (χ4v) is 2.02. The van der Waals surface area contributed by atoms with E-state index < -0.39 is 11.9 Å². The highest BCUT2D eigenvalue weighted by molar-refractivity contribution is 5.93. The van der Waals surface area contributed by atoms with Crippen LogP contribution >= 0.6 is 0 Å². The Bertz CT molecular complexity index is 613. The zero-order chi connectivity index (χ0) is 14.0. The van der Waals surface area contributed by atoms with Crippen molar-refractivity contribution in [3.05, 3.63) is 30.5 Å². The Labute approximate surface area is 111 Å². The van der Waals surface area contributed by atoms with Gasteiger partial charge in [-0.25, -0.2) is 4.98 Å². The summed E-state index contributed by atoms with van der Waals surface area (Å²) < 4.78 is 0. The predicted octanol–water partition coefficient (Wildman–Crippen LogP) is 2.10. The molecule has 0 aliphatic carbocycles. The van der Waals surface area contributed by atoms with E-state index in [2.05, 4.69) is 4.98 Å². The van der Waals surface area contributed by atoms with E-state index in [1.54, 1.807) is 37.2 Å². The summed E-state index contributed by atoms with van der Waals surface area (Å²) in [6, 6.07) is 6.92. The van der Waals surface area contributed by atoms with Gasteiger partial charge < -0.3 is 15.1 Å². The fourth-order valence-electron chi connectivity index (χ4n) is 2.02. The highest BCUT2D eigenvalue weighted by Crippen LogP contribution is 2.27. The minimum absolute atomic E-state index is 0.168. The lowest BCUT2D eigenvalue weighted by atomic mass is 10.1. The summed E-state index contributed by atoms with van der Waals surface area (Å²) in [6.07, 6.45) is 1.68. The van der Waals surface area contributed by atoms with Crippen LogP contribution in [-0.4, -0.2) is 34.8 Å². The summed E-state index contributed by atoms with van der Waals surface area (Å²) in [7, 11) is 1.80. The Kier molecular flexibility index (Phi) is 3.55. The maximum atomic E-state index is 10.9. The Balaban J connectivity index is 2.38. The SMILES string of the molecule is CC(CN(C)c1nccc2ccc(O)cc12)C(=O)O. The van der Waals surface area contributed by atoms with E-state index in [1.807, 2.05) is 12.1 Å². The standard InChI is InChI=1S/C14H16N2O3/c1-9(14(18)19)8-16(2)13-12-7-11(17)4-3-10(12)5-6-15-13/h3-7,9,17H,8H2,1-2H3,(H,18,19). The summed E-state index contributed by atoms with van der Waals surface area (Å²) in [5.41, 5.74) is 0. The molecule has 0 saturated carbocycles. The van der Waals surface area contributed by atoms with E-state index in [9.17, 15) is 9.90 Å². The molecule has 2 rings (SSSR count). The average molecular weight is 260 g/mol. The fraction of sp³-hybridized carbons (Fsp3) is 0.286. The van der Waals surface area contributed by atoms with Crippen LogP contribution in [0.4, 0.5) is 5.82 Å². The number of phenols is 1. The first-order valence-corrected chi connectivity index (χ1v) is 6.00. The first-order valence-electron chi connectivity index (χ1n) is 6.00. The summed E-state index contributed by atoms with van der Waals surface area (Å²) in [6.45, 7) is 2.01. The van der Waals surface area contributed by atoms with Gasteiger partial charge in [-0.3, -0.25) is 4.79 Å². The smallest absolute Gasteiger partial charge is 0.308 e. The molecule has 0 bridgehead atoms. The van der Waals surface area contributed by atoms with E-state index in [-0.39, 0.29) is 5.75 Å². The molecular formula is C14H16N2O3. The van der Waals surface area contributed by atoms with E-state index in [1.165, 1.54) is 0 Å². The summed E-state index contributed by atoms with van der Waals surface area (Å²) in [5.74, 6) is -0.489. The van der Waals surface area contributed by atoms with Crippen LogP contribution in [-0.2, 0) is 4.79 Å². The van der Waals surface area contributed by atoms with Gasteiger partial charge in [-0.15, -0.1) is 0 Å². The van der Waals surface area contributed by atoms with Crippen molar-refractivity contribution in [1.29, 1.82) is 0 Å². The molecule has 0 amide bonds. The summed E-state index contributed by atoms with van der Waals surface area (Å²) in [5, 5.41) is 20.3. The third-order valence-electron chi connectivity index (χ3n) is 3.06. The van der Waals surface area contributed by atoms with Crippen molar-refractivity contribution in [3.63, 3.8) is 0 Å². The minimum atomic E-state index is -0.838. The number of aliphatic carboxylic acids is 1. The number of anilines is 1. The number of benzene rings is 1. The molecule has 1 unspecified atom stereocenters. The molecule has 19 heavy (non-hydrogen) atoms. The Morgan fingerprint density at radius 3 is 2.84 bits per heavy atom. The van der Waals surface area contributed by atoms with Crippen molar-refractivity contribution in [3.8, 4) is 5.75 Å². The monoisotopic (exact) mass is 260 g/mol. The molecule has 0 fully saturated rings. The number of rotatable bonds is 4. The van der Waals surface area contributed by atoms with Crippen LogP contribution in [0, 0.1) is 5.92 Å². The van der Waals surface area contributed by atoms with E-state index in [4.69, 9.17) is 5.11 Å². The van der Waals surface area contributed by atoms with Gasteiger partial charge in [0.05, 0.1) is 5.92 Å². The molecule has 1 atom stereocenters. The van der Waals surface area contributed by atoms with Crippen molar-refractivity contribution in [1.82, 2.24) is 4.98 Å². The van der Waals surface area contributed by atoms with Crippen molar-refractivity contribution in [2.45, 2.75) is 6.92 Å². The largest absolute Gasteiger partial charge is 0.508 e. The quantitative estimate of drug-likeness (QED) is 0.880. The van der Waals surface area contributed by atoms with E-state index >= 15 is 0 Å². The molecule has 0 spiro atoms. The van der Waals surface area contributed by atoms with Crippen molar-refractivity contribution < 1.29 is 15.0 Å². The number of hydrogen-bond donors (Lipinski definition) is 2. The van der Waals surface area contributed by atoms with E-state index in [0.717, 1.165) is 10.8 Å². The molecule has 0 radical (unpaired) electrons. The van der Waals surface area contributed by atoms with Crippen molar-refractivity contribution in [2.24, 2.45) is 5.92 Å². The van der Waals surface area contributed by atoms with Crippen molar-refractivity contribution in [2.75, 3.05) is 18.5 Å². The molecule has 1 aromatic heterocycles. The zero-order valence-corrected chi connectivity index (χ0v) is 10.9. The lowest BCUT2D eigenvalue weighted by Gasteiger charge is -2.21. The van der Waals surface area contributed by atoms with Crippen LogP contribution < -0.4 is 4.90 Å². The Morgan fingerprint density at radius 1 is 1.42 bits per heavy atom. The second-order valence-corrected chi connectivity index (χ2v) is 4.66. The molecule has 0 aliphatic heterocycles. The molecule has 0 aliphatic rings. The van der Waals surface area contributed by atoms with Gasteiger partial charge in [0, 0.05) is 25.2 Å². The molecule has 100 valence electrons. The molecule has 2 aromatic rings. The van der Waals surface area contributed by atoms with Crippen LogP contribution in [0.2, 0.25) is 0 Å². The van der Waals surface area contributed by atoms with Gasteiger partial charge in [-0.1, -0.05) is 13.0 Å². The van der Waals surface area contributed by atoms with Crippen LogP contribution in [0.15, 0.2) is 30.5 Å². The van der Waals surface area contributed by atoms with Crippen LogP contribution in [0.3, 0.4) is 0 Å². The van der Waals surface area contributed by atoms with Gasteiger partial charge in [-0.05, 0) is 23.6 Å².